The number of nitrogens with zero attached hydrogens (tertiary/aromatic N) is 1. The molecular formula is C22H36N2O. The molecule has 3 unspecified atom stereocenters. The first-order chi connectivity index (χ1) is 11.9. The van der Waals surface area contributed by atoms with E-state index in [1.165, 1.54) is 70.8 Å². The summed E-state index contributed by atoms with van der Waals surface area (Å²) >= 11 is 0. The summed E-state index contributed by atoms with van der Waals surface area (Å²) < 4.78 is 0. The Kier molecular flexibility index (Phi) is 3.63. The van der Waals surface area contributed by atoms with Crippen molar-refractivity contribution in [1.82, 2.24) is 10.2 Å². The van der Waals surface area contributed by atoms with E-state index in [-0.39, 0.29) is 5.41 Å². The van der Waals surface area contributed by atoms with E-state index in [2.05, 4.69) is 24.1 Å². The molecule has 4 aliphatic carbocycles. The quantitative estimate of drug-likeness (QED) is 0.822. The minimum atomic E-state index is 0.00135. The summed E-state index contributed by atoms with van der Waals surface area (Å²) in [7, 11) is 0. The summed E-state index contributed by atoms with van der Waals surface area (Å²) in [5.41, 5.74) is 0.882. The normalized spacial score (nSPS) is 49.8. The smallest absolute Gasteiger partial charge is 0.228 e. The molecule has 2 aliphatic heterocycles. The average molecular weight is 345 g/mol. The molecule has 0 aromatic rings. The van der Waals surface area contributed by atoms with E-state index in [9.17, 15) is 4.79 Å². The Morgan fingerprint density at radius 2 is 1.64 bits per heavy atom. The molecule has 1 N–H and O–H groups in total. The first kappa shape index (κ1) is 16.6. The molecule has 3 heteroatoms. The summed E-state index contributed by atoms with van der Waals surface area (Å²) in [5.74, 6) is 2.17. The maximum atomic E-state index is 13.7. The summed E-state index contributed by atoms with van der Waals surface area (Å²) in [5, 5.41) is 3.69. The Morgan fingerprint density at radius 3 is 2.20 bits per heavy atom. The van der Waals surface area contributed by atoms with E-state index >= 15 is 0 Å². The van der Waals surface area contributed by atoms with Gasteiger partial charge in [-0.1, -0.05) is 13.8 Å². The maximum Gasteiger partial charge on any atom is 0.228 e. The lowest BCUT2D eigenvalue weighted by atomic mass is 9.40. The lowest BCUT2D eigenvalue weighted by Gasteiger charge is -2.65. The number of hydrogen-bond acceptors (Lipinski definition) is 2. The van der Waals surface area contributed by atoms with Gasteiger partial charge in [0.25, 0.3) is 0 Å². The molecule has 6 fully saturated rings. The van der Waals surface area contributed by atoms with Crippen LogP contribution in [0.15, 0.2) is 0 Å². The van der Waals surface area contributed by atoms with E-state index in [4.69, 9.17) is 0 Å². The summed E-state index contributed by atoms with van der Waals surface area (Å²) in [4.78, 5) is 16.0. The van der Waals surface area contributed by atoms with Crippen molar-refractivity contribution in [3.8, 4) is 0 Å². The Labute approximate surface area is 153 Å². The predicted octanol–water partition coefficient (Wildman–Crippen LogP) is 3.97. The molecule has 25 heavy (non-hydrogen) atoms. The van der Waals surface area contributed by atoms with Gasteiger partial charge in [-0.25, -0.2) is 0 Å². The van der Waals surface area contributed by atoms with Crippen LogP contribution in [0.4, 0.5) is 0 Å². The largest absolute Gasteiger partial charge is 0.342 e. The van der Waals surface area contributed by atoms with Crippen LogP contribution in [-0.2, 0) is 4.79 Å². The summed E-state index contributed by atoms with van der Waals surface area (Å²) in [6, 6.07) is 0.731. The van der Waals surface area contributed by atoms with Crippen LogP contribution in [-0.4, -0.2) is 36.5 Å². The molecule has 140 valence electrons. The molecule has 6 rings (SSSR count). The number of carbonyl (C=O) groups is 1. The zero-order valence-electron chi connectivity index (χ0n) is 16.3. The van der Waals surface area contributed by atoms with Crippen molar-refractivity contribution in [2.45, 2.75) is 84.1 Å². The van der Waals surface area contributed by atoms with Crippen LogP contribution in [0.25, 0.3) is 0 Å². The van der Waals surface area contributed by atoms with E-state index in [0.29, 0.717) is 16.7 Å². The highest BCUT2D eigenvalue weighted by Gasteiger charge is 2.63. The molecule has 3 nitrogen and oxygen atoms in total. The van der Waals surface area contributed by atoms with E-state index in [1.54, 1.807) is 0 Å². The number of likely N-dealkylation sites (tertiary alicyclic amines) is 1. The average Bonchev–Trinajstić information content (AvgIpc) is 3.05. The second-order valence-corrected chi connectivity index (χ2v) is 11.2. The van der Waals surface area contributed by atoms with Crippen molar-refractivity contribution < 1.29 is 4.79 Å². The summed E-state index contributed by atoms with van der Waals surface area (Å²) in [6.45, 7) is 8.19. The Morgan fingerprint density at radius 1 is 0.960 bits per heavy atom. The van der Waals surface area contributed by atoms with Crippen LogP contribution >= 0.6 is 0 Å². The van der Waals surface area contributed by atoms with Crippen LogP contribution in [0, 0.1) is 28.1 Å². The number of piperidine rings is 1. The van der Waals surface area contributed by atoms with Crippen LogP contribution in [0.2, 0.25) is 0 Å². The molecule has 4 saturated carbocycles. The van der Waals surface area contributed by atoms with Gasteiger partial charge in [-0.3, -0.25) is 4.79 Å². The van der Waals surface area contributed by atoms with Gasteiger partial charge in [0.15, 0.2) is 0 Å². The van der Waals surface area contributed by atoms with Gasteiger partial charge in [-0.2, -0.15) is 0 Å². The molecule has 0 radical (unpaired) electrons. The fourth-order valence-corrected chi connectivity index (χ4v) is 8.64. The van der Waals surface area contributed by atoms with Crippen LogP contribution in [0.1, 0.15) is 78.1 Å². The molecule has 0 spiro atoms. The SMILES string of the molecule is CC12CC3CC(C)(C1)CC(C(=O)N1CCC(C4CCCN4)CC1)(C3)C2. The van der Waals surface area contributed by atoms with Crippen molar-refractivity contribution in [3.05, 3.63) is 0 Å². The second kappa shape index (κ2) is 5.47. The molecule has 2 saturated heterocycles. The molecule has 0 aromatic carbocycles. The number of carbonyl (C=O) groups excluding carboxylic acids is 1. The molecule has 0 aromatic heterocycles. The van der Waals surface area contributed by atoms with Crippen LogP contribution in [0.5, 0.6) is 0 Å². The van der Waals surface area contributed by atoms with E-state index in [1.807, 2.05) is 0 Å². The standard InChI is InChI=1S/C22H36N2O/c1-20-10-16-11-21(2,13-20)15-22(12-16,14-20)19(25)24-8-5-17(6-9-24)18-4-3-7-23-18/h16-18,23H,3-15H2,1-2H3. The van der Waals surface area contributed by atoms with Crippen molar-refractivity contribution in [2.24, 2.45) is 28.1 Å². The highest BCUT2D eigenvalue weighted by molar-refractivity contribution is 5.83. The monoisotopic (exact) mass is 344 g/mol. The highest BCUT2D eigenvalue weighted by atomic mass is 16.2. The first-order valence-corrected chi connectivity index (χ1v) is 10.9. The molecule has 4 bridgehead atoms. The van der Waals surface area contributed by atoms with Gasteiger partial charge in [0.2, 0.25) is 5.91 Å². The lowest BCUT2D eigenvalue weighted by Crippen LogP contribution is -2.61. The number of amides is 1. The topological polar surface area (TPSA) is 32.3 Å². The minimum Gasteiger partial charge on any atom is -0.342 e. The van der Waals surface area contributed by atoms with Gasteiger partial charge in [0.05, 0.1) is 5.41 Å². The lowest BCUT2D eigenvalue weighted by molar-refractivity contribution is -0.180. The highest BCUT2D eigenvalue weighted by Crippen LogP contribution is 2.69. The van der Waals surface area contributed by atoms with Crippen molar-refractivity contribution >= 4 is 5.91 Å². The fourth-order valence-electron chi connectivity index (χ4n) is 8.64. The van der Waals surface area contributed by atoms with Crippen molar-refractivity contribution in [3.63, 3.8) is 0 Å². The first-order valence-electron chi connectivity index (χ1n) is 10.9. The molecule has 1 amide bonds. The third-order valence-electron chi connectivity index (χ3n) is 8.57. The van der Waals surface area contributed by atoms with Gasteiger partial charge in [0.1, 0.15) is 0 Å². The third kappa shape index (κ3) is 2.67. The summed E-state index contributed by atoms with van der Waals surface area (Å²) in [6.07, 6.45) is 12.8. The Balaban J connectivity index is 1.30. The molecule has 2 heterocycles. The van der Waals surface area contributed by atoms with Gasteiger partial charge < -0.3 is 10.2 Å². The van der Waals surface area contributed by atoms with Gasteiger partial charge in [0, 0.05) is 19.1 Å². The number of nitrogens with one attached hydrogen (secondary N) is 1. The molecular weight excluding hydrogens is 308 g/mol. The van der Waals surface area contributed by atoms with Gasteiger partial charge in [-0.05, 0) is 93.4 Å². The third-order valence-corrected chi connectivity index (χ3v) is 8.57. The van der Waals surface area contributed by atoms with Crippen LogP contribution in [0.3, 0.4) is 0 Å². The van der Waals surface area contributed by atoms with Crippen molar-refractivity contribution in [1.29, 1.82) is 0 Å². The molecule has 3 atom stereocenters. The zero-order chi connectivity index (χ0) is 17.3. The van der Waals surface area contributed by atoms with Gasteiger partial charge >= 0.3 is 0 Å². The van der Waals surface area contributed by atoms with E-state index < -0.39 is 0 Å². The van der Waals surface area contributed by atoms with Crippen LogP contribution < -0.4 is 5.32 Å². The van der Waals surface area contributed by atoms with Crippen molar-refractivity contribution in [2.75, 3.05) is 19.6 Å². The minimum absolute atomic E-state index is 0.00135. The second-order valence-electron chi connectivity index (χ2n) is 11.2. The number of hydrogen-bond donors (Lipinski definition) is 1. The van der Waals surface area contributed by atoms with Gasteiger partial charge in [-0.15, -0.1) is 0 Å². The van der Waals surface area contributed by atoms with E-state index in [0.717, 1.165) is 31.0 Å². The predicted molar refractivity (Wildman–Crippen MR) is 100 cm³/mol. The fraction of sp³-hybridized carbons (Fsp3) is 0.955. The Bertz CT molecular complexity index is 540. The maximum absolute atomic E-state index is 13.7. The molecule has 6 aliphatic rings. The zero-order valence-corrected chi connectivity index (χ0v) is 16.3. The Hall–Kier alpha value is -0.570. The number of rotatable bonds is 2.